The third kappa shape index (κ3) is 3.85. The second-order valence-electron chi connectivity index (χ2n) is 7.19. The number of urea groups is 1. The van der Waals surface area contributed by atoms with Gasteiger partial charge in [-0.3, -0.25) is 14.5 Å². The smallest absolute Gasteiger partial charge is 0.325 e. The number of imide groups is 1. The molecule has 0 bridgehead atoms. The fourth-order valence-corrected chi connectivity index (χ4v) is 3.64. The lowest BCUT2D eigenvalue weighted by Crippen LogP contribution is -2.42. The second kappa shape index (κ2) is 7.79. The Bertz CT molecular complexity index is 1060. The number of H-pyrrole nitrogens is 1. The number of aromatic nitrogens is 1. The van der Waals surface area contributed by atoms with Gasteiger partial charge in [-0.05, 0) is 24.1 Å². The largest absolute Gasteiger partial charge is 0.361 e. The molecule has 1 aromatic heterocycles. The van der Waals surface area contributed by atoms with E-state index in [1.165, 1.54) is 0 Å². The maximum Gasteiger partial charge on any atom is 0.325 e. The maximum atomic E-state index is 12.7. The van der Waals surface area contributed by atoms with Gasteiger partial charge >= 0.3 is 6.03 Å². The number of hydrogen-bond donors (Lipinski definition) is 3. The zero-order valence-electron chi connectivity index (χ0n) is 16.0. The molecule has 4 amide bonds. The lowest BCUT2D eigenvalue weighted by molar-refractivity contribution is -0.132. The lowest BCUT2D eigenvalue weighted by atomic mass is 10.1. The lowest BCUT2D eigenvalue weighted by Gasteiger charge is -2.17. The molecule has 3 N–H and O–H groups in total. The third-order valence-electron chi connectivity index (χ3n) is 5.18. The van der Waals surface area contributed by atoms with Crippen molar-refractivity contribution >= 4 is 28.7 Å². The number of fused-ring (bicyclic) bond motifs is 1. The minimum Gasteiger partial charge on any atom is -0.361 e. The van der Waals surface area contributed by atoms with Crippen molar-refractivity contribution in [2.24, 2.45) is 0 Å². The first-order valence-electron chi connectivity index (χ1n) is 9.54. The number of carbonyl (C=O) groups is 3. The van der Waals surface area contributed by atoms with Gasteiger partial charge in [0.2, 0.25) is 5.91 Å². The van der Waals surface area contributed by atoms with Gasteiger partial charge in [0.1, 0.15) is 12.6 Å². The Morgan fingerprint density at radius 1 is 1.10 bits per heavy atom. The van der Waals surface area contributed by atoms with Gasteiger partial charge in [0.15, 0.2) is 0 Å². The monoisotopic (exact) mass is 390 g/mol. The molecule has 1 aliphatic rings. The molecule has 3 aromatic rings. The van der Waals surface area contributed by atoms with E-state index >= 15 is 0 Å². The number of nitrogens with zero attached hydrogens (tertiary/aromatic N) is 1. The number of benzene rings is 2. The van der Waals surface area contributed by atoms with Gasteiger partial charge in [-0.2, -0.15) is 0 Å². The van der Waals surface area contributed by atoms with E-state index in [9.17, 15) is 14.4 Å². The zero-order chi connectivity index (χ0) is 20.4. The van der Waals surface area contributed by atoms with E-state index in [-0.39, 0.29) is 24.4 Å². The Labute approximate surface area is 168 Å². The SMILES string of the molecule is CC(NC(=O)CN1C(=O)NC(Cc2c[nH]c3ccccc23)C1=O)c1ccccc1. The summed E-state index contributed by atoms with van der Waals surface area (Å²) in [6.45, 7) is 1.56. The molecule has 1 aliphatic heterocycles. The van der Waals surface area contributed by atoms with Gasteiger partial charge in [0, 0.05) is 23.5 Å². The molecule has 2 unspecified atom stereocenters. The summed E-state index contributed by atoms with van der Waals surface area (Å²) in [5, 5.41) is 6.54. The molecule has 7 nitrogen and oxygen atoms in total. The molecule has 2 aromatic carbocycles. The van der Waals surface area contributed by atoms with Crippen LogP contribution in [0.1, 0.15) is 24.1 Å². The van der Waals surface area contributed by atoms with Crippen LogP contribution in [-0.4, -0.2) is 40.3 Å². The number of amides is 4. The Morgan fingerprint density at radius 3 is 2.62 bits per heavy atom. The summed E-state index contributed by atoms with van der Waals surface area (Å²) in [5.74, 6) is -0.764. The number of carbonyl (C=O) groups excluding carboxylic acids is 3. The van der Waals surface area contributed by atoms with E-state index in [1.54, 1.807) is 0 Å². The summed E-state index contributed by atoms with van der Waals surface area (Å²) >= 11 is 0. The highest BCUT2D eigenvalue weighted by atomic mass is 16.2. The second-order valence-corrected chi connectivity index (χ2v) is 7.19. The van der Waals surface area contributed by atoms with E-state index in [4.69, 9.17) is 0 Å². The fourth-order valence-electron chi connectivity index (χ4n) is 3.64. The third-order valence-corrected chi connectivity index (χ3v) is 5.18. The molecule has 148 valence electrons. The van der Waals surface area contributed by atoms with E-state index < -0.39 is 12.1 Å². The normalized spacial score (nSPS) is 17.4. The highest BCUT2D eigenvalue weighted by molar-refractivity contribution is 6.06. The zero-order valence-corrected chi connectivity index (χ0v) is 16.0. The highest BCUT2D eigenvalue weighted by Crippen LogP contribution is 2.21. The average molecular weight is 390 g/mol. The van der Waals surface area contributed by atoms with Crippen molar-refractivity contribution in [2.75, 3.05) is 6.54 Å². The van der Waals surface area contributed by atoms with Crippen LogP contribution in [0.25, 0.3) is 10.9 Å². The molecule has 29 heavy (non-hydrogen) atoms. The van der Waals surface area contributed by atoms with Crippen molar-refractivity contribution in [2.45, 2.75) is 25.4 Å². The molecule has 0 aliphatic carbocycles. The number of nitrogens with one attached hydrogen (secondary N) is 3. The molecule has 2 atom stereocenters. The molecule has 0 saturated carbocycles. The van der Waals surface area contributed by atoms with Crippen molar-refractivity contribution in [3.63, 3.8) is 0 Å². The molecule has 1 fully saturated rings. The van der Waals surface area contributed by atoms with Crippen molar-refractivity contribution in [1.82, 2.24) is 20.5 Å². The molecule has 7 heteroatoms. The Balaban J connectivity index is 1.39. The minimum atomic E-state index is -0.680. The Kier molecular flexibility index (Phi) is 5.03. The van der Waals surface area contributed by atoms with Crippen LogP contribution in [-0.2, 0) is 16.0 Å². The average Bonchev–Trinajstić information content (AvgIpc) is 3.25. The van der Waals surface area contributed by atoms with Crippen LogP contribution in [0.2, 0.25) is 0 Å². The van der Waals surface area contributed by atoms with Crippen LogP contribution in [0.3, 0.4) is 0 Å². The molecule has 0 spiro atoms. The van der Waals surface area contributed by atoms with Gasteiger partial charge in [-0.25, -0.2) is 4.79 Å². The Morgan fingerprint density at radius 2 is 1.83 bits per heavy atom. The van der Waals surface area contributed by atoms with E-state index in [0.717, 1.165) is 26.9 Å². The number of hydrogen-bond acceptors (Lipinski definition) is 3. The van der Waals surface area contributed by atoms with E-state index in [2.05, 4.69) is 15.6 Å². The molecular formula is C22H22N4O3. The molecule has 0 radical (unpaired) electrons. The van der Waals surface area contributed by atoms with Crippen molar-refractivity contribution in [1.29, 1.82) is 0 Å². The van der Waals surface area contributed by atoms with Crippen LogP contribution >= 0.6 is 0 Å². The van der Waals surface area contributed by atoms with Crippen LogP contribution in [0.5, 0.6) is 0 Å². The van der Waals surface area contributed by atoms with Crippen LogP contribution in [0.4, 0.5) is 4.79 Å². The van der Waals surface area contributed by atoms with Crippen molar-refractivity contribution < 1.29 is 14.4 Å². The van der Waals surface area contributed by atoms with E-state index in [0.29, 0.717) is 6.42 Å². The van der Waals surface area contributed by atoms with Gasteiger partial charge in [-0.15, -0.1) is 0 Å². The minimum absolute atomic E-state index is 0.216. The maximum absolute atomic E-state index is 12.7. The van der Waals surface area contributed by atoms with Gasteiger partial charge in [-0.1, -0.05) is 48.5 Å². The number of aromatic amines is 1. The predicted octanol–water partition coefficient (Wildman–Crippen LogP) is 2.51. The van der Waals surface area contributed by atoms with E-state index in [1.807, 2.05) is 67.7 Å². The highest BCUT2D eigenvalue weighted by Gasteiger charge is 2.39. The van der Waals surface area contributed by atoms with Gasteiger partial charge < -0.3 is 15.6 Å². The first kappa shape index (κ1) is 18.7. The van der Waals surface area contributed by atoms with Crippen LogP contribution in [0.15, 0.2) is 60.8 Å². The van der Waals surface area contributed by atoms with Gasteiger partial charge in [0.05, 0.1) is 6.04 Å². The summed E-state index contributed by atoms with van der Waals surface area (Å²) in [4.78, 5) is 41.5. The first-order valence-corrected chi connectivity index (χ1v) is 9.54. The van der Waals surface area contributed by atoms with Crippen LogP contribution < -0.4 is 10.6 Å². The number of rotatable bonds is 6. The van der Waals surface area contributed by atoms with Crippen molar-refractivity contribution in [3.8, 4) is 0 Å². The molecule has 1 saturated heterocycles. The summed E-state index contributed by atoms with van der Waals surface area (Å²) < 4.78 is 0. The number of para-hydroxylation sites is 1. The molecule has 2 heterocycles. The fraction of sp³-hybridized carbons (Fsp3) is 0.227. The van der Waals surface area contributed by atoms with Crippen LogP contribution in [0, 0.1) is 0 Å². The standard InChI is InChI=1S/C22H22N4O3/c1-14(15-7-3-2-4-8-15)24-20(27)13-26-21(28)19(25-22(26)29)11-16-12-23-18-10-6-5-9-17(16)18/h2-10,12,14,19,23H,11,13H2,1H3,(H,24,27)(H,25,29). The quantitative estimate of drug-likeness (QED) is 0.565. The Hall–Kier alpha value is -3.61. The summed E-state index contributed by atoms with van der Waals surface area (Å²) in [6.07, 6.45) is 2.22. The first-order chi connectivity index (χ1) is 14.0. The molecule has 4 rings (SSSR count). The van der Waals surface area contributed by atoms with Gasteiger partial charge in [0.25, 0.3) is 5.91 Å². The molecular weight excluding hydrogens is 368 g/mol. The predicted molar refractivity (Wildman–Crippen MR) is 109 cm³/mol. The van der Waals surface area contributed by atoms with Crippen molar-refractivity contribution in [3.05, 3.63) is 71.9 Å². The topological polar surface area (TPSA) is 94.3 Å². The summed E-state index contributed by atoms with van der Waals surface area (Å²) in [6, 6.07) is 15.9. The summed E-state index contributed by atoms with van der Waals surface area (Å²) in [7, 11) is 0. The summed E-state index contributed by atoms with van der Waals surface area (Å²) in [5.41, 5.74) is 2.88.